The van der Waals surface area contributed by atoms with Crippen LogP contribution in [-0.4, -0.2) is 29.9 Å². The van der Waals surface area contributed by atoms with Gasteiger partial charge in [0, 0.05) is 20.3 Å². The molecular weight excluding hydrogens is 317 g/mol. The van der Waals surface area contributed by atoms with Gasteiger partial charge < -0.3 is 10.2 Å². The molecule has 0 spiro atoms. The summed E-state index contributed by atoms with van der Waals surface area (Å²) < 4.78 is 13.2. The van der Waals surface area contributed by atoms with Crippen molar-refractivity contribution in [1.82, 2.24) is 9.88 Å². The molecule has 23 heavy (non-hydrogen) atoms. The number of hydrogen-bond acceptors (Lipinski definition) is 3. The lowest BCUT2D eigenvalue weighted by Gasteiger charge is -2.18. The molecule has 4 nitrogen and oxygen atoms in total. The first-order valence-corrected chi connectivity index (χ1v) is 7.57. The molecule has 0 saturated heterocycles. The fourth-order valence-electron chi connectivity index (χ4n) is 2.33. The highest BCUT2D eigenvalue weighted by Gasteiger charge is 2.14. The Morgan fingerprint density at radius 1 is 1.35 bits per heavy atom. The minimum atomic E-state index is -0.263. The van der Waals surface area contributed by atoms with Crippen LogP contribution >= 0.6 is 11.6 Å². The van der Waals surface area contributed by atoms with Crippen LogP contribution in [0.15, 0.2) is 30.5 Å². The maximum Gasteiger partial charge on any atom is 0.254 e. The molecule has 2 aromatic rings. The average Bonchev–Trinajstić information content (AvgIpc) is 2.48. The van der Waals surface area contributed by atoms with Gasteiger partial charge in [0.05, 0.1) is 16.6 Å². The van der Waals surface area contributed by atoms with Gasteiger partial charge in [-0.25, -0.2) is 9.37 Å². The Kier molecular flexibility index (Phi) is 5.21. The van der Waals surface area contributed by atoms with Crippen molar-refractivity contribution in [3.8, 4) is 0 Å². The van der Waals surface area contributed by atoms with E-state index in [2.05, 4.69) is 10.3 Å². The van der Waals surface area contributed by atoms with E-state index in [1.165, 1.54) is 23.2 Å². The summed E-state index contributed by atoms with van der Waals surface area (Å²) in [5.41, 5.74) is 2.23. The van der Waals surface area contributed by atoms with Crippen molar-refractivity contribution in [3.05, 3.63) is 58.0 Å². The summed E-state index contributed by atoms with van der Waals surface area (Å²) in [6.07, 6.45) is 1.49. The maximum atomic E-state index is 13.2. The van der Waals surface area contributed by atoms with Crippen LogP contribution in [0.1, 0.15) is 34.5 Å². The fraction of sp³-hybridized carbons (Fsp3) is 0.294. The molecule has 1 aromatic heterocycles. The highest BCUT2D eigenvalue weighted by atomic mass is 35.5. The number of anilines is 1. The lowest BCUT2D eigenvalue weighted by atomic mass is 10.0. The van der Waals surface area contributed by atoms with Gasteiger partial charge in [-0.2, -0.15) is 0 Å². The summed E-state index contributed by atoms with van der Waals surface area (Å²) >= 11 is 6.22. The van der Waals surface area contributed by atoms with Crippen molar-refractivity contribution in [2.24, 2.45) is 0 Å². The first-order chi connectivity index (χ1) is 10.8. The van der Waals surface area contributed by atoms with Gasteiger partial charge in [0.1, 0.15) is 11.6 Å². The first-order valence-electron chi connectivity index (χ1n) is 7.19. The molecule has 6 heteroatoms. The standard InChI is InChI=1S/C17H19ClFN3O/c1-10-7-13(19)5-6-14(10)11(2)21-16-15(18)8-12(9-20-16)17(23)22(3)4/h5-9,11H,1-4H3,(H,20,21)/t11-/m0/s1. The largest absolute Gasteiger partial charge is 0.362 e. The lowest BCUT2D eigenvalue weighted by molar-refractivity contribution is 0.0827. The molecule has 1 amide bonds. The molecule has 2 rings (SSSR count). The quantitative estimate of drug-likeness (QED) is 0.916. The van der Waals surface area contributed by atoms with Gasteiger partial charge in [-0.15, -0.1) is 0 Å². The van der Waals surface area contributed by atoms with Crippen LogP contribution in [-0.2, 0) is 0 Å². The molecule has 0 saturated carbocycles. The minimum Gasteiger partial charge on any atom is -0.362 e. The number of aromatic nitrogens is 1. The molecule has 0 aliphatic carbocycles. The zero-order valence-corrected chi connectivity index (χ0v) is 14.3. The van der Waals surface area contributed by atoms with Crippen LogP contribution < -0.4 is 5.32 Å². The number of carbonyl (C=O) groups excluding carboxylic acids is 1. The predicted molar refractivity (Wildman–Crippen MR) is 90.4 cm³/mol. The fourth-order valence-corrected chi connectivity index (χ4v) is 2.55. The summed E-state index contributed by atoms with van der Waals surface area (Å²) in [7, 11) is 3.34. The number of pyridine rings is 1. The van der Waals surface area contributed by atoms with Crippen molar-refractivity contribution >= 4 is 23.3 Å². The van der Waals surface area contributed by atoms with Crippen LogP contribution in [0.3, 0.4) is 0 Å². The SMILES string of the molecule is Cc1cc(F)ccc1[C@H](C)Nc1ncc(C(=O)N(C)C)cc1Cl. The lowest BCUT2D eigenvalue weighted by Crippen LogP contribution is -2.22. The number of rotatable bonds is 4. The number of carbonyl (C=O) groups is 1. The van der Waals surface area contributed by atoms with Crippen molar-refractivity contribution in [2.45, 2.75) is 19.9 Å². The Hall–Kier alpha value is -2.14. The predicted octanol–water partition coefficient (Wildman–Crippen LogP) is 4.06. The topological polar surface area (TPSA) is 45.2 Å². The third-order valence-corrected chi connectivity index (χ3v) is 3.83. The van der Waals surface area contributed by atoms with Crippen molar-refractivity contribution in [2.75, 3.05) is 19.4 Å². The maximum absolute atomic E-state index is 13.2. The van der Waals surface area contributed by atoms with Crippen LogP contribution in [0.2, 0.25) is 5.02 Å². The zero-order chi connectivity index (χ0) is 17.1. The van der Waals surface area contributed by atoms with Gasteiger partial charge in [0.15, 0.2) is 0 Å². The molecule has 0 unspecified atom stereocenters. The summed E-state index contributed by atoms with van der Waals surface area (Å²) in [5, 5.41) is 3.56. The Morgan fingerprint density at radius 3 is 2.61 bits per heavy atom. The normalized spacial score (nSPS) is 11.9. The molecular formula is C17H19ClFN3O. The summed E-state index contributed by atoms with van der Waals surface area (Å²) in [5.74, 6) is 0.0627. The number of benzene rings is 1. The van der Waals surface area contributed by atoms with E-state index in [4.69, 9.17) is 11.6 Å². The summed E-state index contributed by atoms with van der Waals surface area (Å²) in [4.78, 5) is 17.6. The second kappa shape index (κ2) is 6.96. The Bertz CT molecular complexity index is 734. The van der Waals surface area contributed by atoms with E-state index >= 15 is 0 Å². The summed E-state index contributed by atoms with van der Waals surface area (Å²) in [6, 6.07) is 6.13. The third-order valence-electron chi connectivity index (χ3n) is 3.55. The van der Waals surface area contributed by atoms with Crippen molar-refractivity contribution < 1.29 is 9.18 Å². The van der Waals surface area contributed by atoms with E-state index in [0.29, 0.717) is 16.4 Å². The van der Waals surface area contributed by atoms with Crippen molar-refractivity contribution in [1.29, 1.82) is 0 Å². The Morgan fingerprint density at radius 2 is 2.04 bits per heavy atom. The van der Waals surface area contributed by atoms with Gasteiger partial charge in [-0.05, 0) is 43.2 Å². The molecule has 0 aliphatic rings. The molecule has 0 bridgehead atoms. The monoisotopic (exact) mass is 335 g/mol. The number of amides is 1. The number of aryl methyl sites for hydroxylation is 1. The molecule has 0 fully saturated rings. The molecule has 1 N–H and O–H groups in total. The Labute approximate surface area is 140 Å². The molecule has 1 aromatic carbocycles. The molecule has 1 atom stereocenters. The summed E-state index contributed by atoms with van der Waals surface area (Å²) in [6.45, 7) is 3.79. The van der Waals surface area contributed by atoms with Crippen molar-refractivity contribution in [3.63, 3.8) is 0 Å². The first kappa shape index (κ1) is 17.2. The number of nitrogens with one attached hydrogen (secondary N) is 1. The molecule has 1 heterocycles. The van der Waals surface area contributed by atoms with Crippen LogP contribution in [0.25, 0.3) is 0 Å². The van der Waals surface area contributed by atoms with E-state index < -0.39 is 0 Å². The van der Waals surface area contributed by atoms with E-state index in [9.17, 15) is 9.18 Å². The molecule has 0 radical (unpaired) electrons. The van der Waals surface area contributed by atoms with Gasteiger partial charge in [-0.3, -0.25) is 4.79 Å². The average molecular weight is 336 g/mol. The minimum absolute atomic E-state index is 0.101. The van der Waals surface area contributed by atoms with Crippen LogP contribution in [0.4, 0.5) is 10.2 Å². The smallest absolute Gasteiger partial charge is 0.254 e. The number of nitrogens with zero attached hydrogens (tertiary/aromatic N) is 2. The second-order valence-corrected chi connectivity index (χ2v) is 6.03. The van der Waals surface area contributed by atoms with E-state index in [1.807, 2.05) is 13.8 Å². The number of halogens is 2. The van der Waals surface area contributed by atoms with Gasteiger partial charge in [0.2, 0.25) is 0 Å². The van der Waals surface area contributed by atoms with Crippen LogP contribution in [0, 0.1) is 12.7 Å². The number of hydrogen-bond donors (Lipinski definition) is 1. The van der Waals surface area contributed by atoms with E-state index in [0.717, 1.165) is 11.1 Å². The Balaban J connectivity index is 2.21. The van der Waals surface area contributed by atoms with Gasteiger partial charge >= 0.3 is 0 Å². The third kappa shape index (κ3) is 3.99. The van der Waals surface area contributed by atoms with Crippen LogP contribution in [0.5, 0.6) is 0 Å². The zero-order valence-electron chi connectivity index (χ0n) is 13.5. The van der Waals surface area contributed by atoms with Gasteiger partial charge in [0.25, 0.3) is 5.91 Å². The molecule has 122 valence electrons. The second-order valence-electron chi connectivity index (χ2n) is 5.62. The highest BCUT2D eigenvalue weighted by Crippen LogP contribution is 2.27. The molecule has 0 aliphatic heterocycles. The van der Waals surface area contributed by atoms with E-state index in [-0.39, 0.29) is 17.8 Å². The van der Waals surface area contributed by atoms with Gasteiger partial charge in [-0.1, -0.05) is 17.7 Å². The highest BCUT2D eigenvalue weighted by molar-refractivity contribution is 6.33. The van der Waals surface area contributed by atoms with E-state index in [1.54, 1.807) is 26.2 Å².